The molecule has 1 atom stereocenters. The van der Waals surface area contributed by atoms with Gasteiger partial charge in [0.25, 0.3) is 0 Å². The Morgan fingerprint density at radius 2 is 1.73 bits per heavy atom. The Hall–Kier alpha value is -1.30. The van der Waals surface area contributed by atoms with Crippen LogP contribution < -0.4 is 9.47 Å². The Kier molecular flexibility index (Phi) is 8.89. The first-order valence-corrected chi connectivity index (χ1v) is 7.74. The summed E-state index contributed by atoms with van der Waals surface area (Å²) in [5.74, 6) is 1.55. The molecule has 0 aliphatic rings. The highest BCUT2D eigenvalue weighted by atomic mass is 16.5. The van der Waals surface area contributed by atoms with Crippen molar-refractivity contribution in [3.63, 3.8) is 0 Å². The molecule has 22 heavy (non-hydrogen) atoms. The summed E-state index contributed by atoms with van der Waals surface area (Å²) in [6, 6.07) is 5.85. The maximum absolute atomic E-state index is 10.1. The predicted molar refractivity (Wildman–Crippen MR) is 87.6 cm³/mol. The molecule has 0 heterocycles. The van der Waals surface area contributed by atoms with Crippen molar-refractivity contribution in [2.45, 2.75) is 32.4 Å². The third-order valence-electron chi connectivity index (χ3n) is 3.52. The Bertz CT molecular complexity index is 403. The van der Waals surface area contributed by atoms with E-state index < -0.39 is 0 Å². The molecular weight excluding hydrogens is 282 g/mol. The molecule has 1 aromatic carbocycles. The van der Waals surface area contributed by atoms with Gasteiger partial charge < -0.3 is 19.3 Å². The summed E-state index contributed by atoms with van der Waals surface area (Å²) in [5.41, 5.74) is 1.09. The number of rotatable bonds is 11. The number of hydrogen-bond donors (Lipinski definition) is 1. The summed E-state index contributed by atoms with van der Waals surface area (Å²) in [6.07, 6.45) is 1.48. The lowest BCUT2D eigenvalue weighted by Crippen LogP contribution is -2.34. The largest absolute Gasteiger partial charge is 0.497 e. The first-order valence-electron chi connectivity index (χ1n) is 7.74. The zero-order valence-electron chi connectivity index (χ0n) is 14.2. The molecule has 5 nitrogen and oxygen atoms in total. The lowest BCUT2D eigenvalue weighted by Gasteiger charge is -2.25. The fraction of sp³-hybridized carbons (Fsp3) is 0.647. The van der Waals surface area contributed by atoms with Crippen molar-refractivity contribution in [2.24, 2.45) is 0 Å². The van der Waals surface area contributed by atoms with Crippen molar-refractivity contribution in [1.29, 1.82) is 0 Å². The predicted octanol–water partition coefficient (Wildman–Crippen LogP) is 2.31. The van der Waals surface area contributed by atoms with Gasteiger partial charge in [-0.05, 0) is 24.1 Å². The number of hydrogen-bond acceptors (Lipinski definition) is 5. The lowest BCUT2D eigenvalue weighted by atomic mass is 10.1. The van der Waals surface area contributed by atoms with Crippen LogP contribution in [0.3, 0.4) is 0 Å². The van der Waals surface area contributed by atoms with Gasteiger partial charge in [0, 0.05) is 32.8 Å². The maximum atomic E-state index is 10.1. The minimum atomic E-state index is -0.311. The number of methoxy groups -OCH3 is 3. The monoisotopic (exact) mass is 311 g/mol. The van der Waals surface area contributed by atoms with Crippen LogP contribution in [-0.4, -0.2) is 57.1 Å². The molecule has 126 valence electrons. The standard InChI is InChI=1S/C17H29NO4/c1-5-6-15(19)13-18(7-8-20-2)12-14-9-16(21-3)11-17(10-14)22-4/h9-11,15,19H,5-8,12-13H2,1-4H3/t15-/m1/s1. The fourth-order valence-electron chi connectivity index (χ4n) is 2.39. The van der Waals surface area contributed by atoms with E-state index in [2.05, 4.69) is 11.8 Å². The van der Waals surface area contributed by atoms with Crippen molar-refractivity contribution in [3.8, 4) is 11.5 Å². The average molecular weight is 311 g/mol. The highest BCUT2D eigenvalue weighted by Crippen LogP contribution is 2.23. The van der Waals surface area contributed by atoms with Crippen LogP contribution in [0.2, 0.25) is 0 Å². The topological polar surface area (TPSA) is 51.2 Å². The van der Waals surface area contributed by atoms with Crippen molar-refractivity contribution in [3.05, 3.63) is 23.8 Å². The van der Waals surface area contributed by atoms with Crippen LogP contribution in [0.4, 0.5) is 0 Å². The summed E-state index contributed by atoms with van der Waals surface area (Å²) < 4.78 is 15.8. The summed E-state index contributed by atoms with van der Waals surface area (Å²) in [5, 5.41) is 10.1. The van der Waals surface area contributed by atoms with Gasteiger partial charge in [-0.15, -0.1) is 0 Å². The Morgan fingerprint density at radius 1 is 1.09 bits per heavy atom. The molecule has 0 bridgehead atoms. The third-order valence-corrected chi connectivity index (χ3v) is 3.52. The minimum absolute atomic E-state index is 0.311. The smallest absolute Gasteiger partial charge is 0.122 e. The summed E-state index contributed by atoms with van der Waals surface area (Å²) in [4.78, 5) is 2.19. The van der Waals surface area contributed by atoms with Crippen LogP contribution in [0.5, 0.6) is 11.5 Å². The lowest BCUT2D eigenvalue weighted by molar-refractivity contribution is 0.0799. The quantitative estimate of drug-likeness (QED) is 0.679. The second kappa shape index (κ2) is 10.4. The van der Waals surface area contributed by atoms with Gasteiger partial charge >= 0.3 is 0 Å². The molecule has 0 aromatic heterocycles. The van der Waals surface area contributed by atoms with Gasteiger partial charge in [-0.25, -0.2) is 0 Å². The van der Waals surface area contributed by atoms with E-state index in [0.29, 0.717) is 13.2 Å². The van der Waals surface area contributed by atoms with Crippen molar-refractivity contribution in [2.75, 3.05) is 41.0 Å². The van der Waals surface area contributed by atoms with E-state index in [-0.39, 0.29) is 6.10 Å². The zero-order chi connectivity index (χ0) is 16.4. The summed E-state index contributed by atoms with van der Waals surface area (Å²) >= 11 is 0. The Balaban J connectivity index is 2.78. The molecule has 0 radical (unpaired) electrons. The van der Waals surface area contributed by atoms with E-state index in [0.717, 1.165) is 43.0 Å². The molecule has 0 saturated carbocycles. The first-order chi connectivity index (χ1) is 10.6. The van der Waals surface area contributed by atoms with Gasteiger partial charge in [-0.2, -0.15) is 0 Å². The first kappa shape index (κ1) is 18.7. The number of ether oxygens (including phenoxy) is 3. The van der Waals surface area contributed by atoms with Crippen molar-refractivity contribution in [1.82, 2.24) is 4.90 Å². The number of aliphatic hydroxyl groups excluding tert-OH is 1. The molecule has 0 fully saturated rings. The molecule has 0 amide bonds. The highest BCUT2D eigenvalue weighted by molar-refractivity contribution is 5.38. The highest BCUT2D eigenvalue weighted by Gasteiger charge is 2.13. The van der Waals surface area contributed by atoms with Gasteiger partial charge in [0.2, 0.25) is 0 Å². The van der Waals surface area contributed by atoms with E-state index in [1.54, 1.807) is 21.3 Å². The zero-order valence-corrected chi connectivity index (χ0v) is 14.2. The van der Waals surface area contributed by atoms with Crippen LogP contribution in [0.25, 0.3) is 0 Å². The molecule has 0 aliphatic carbocycles. The van der Waals surface area contributed by atoms with Crippen LogP contribution in [-0.2, 0) is 11.3 Å². The third kappa shape index (κ3) is 6.64. The van der Waals surface area contributed by atoms with Crippen molar-refractivity contribution >= 4 is 0 Å². The van der Waals surface area contributed by atoms with Gasteiger partial charge in [0.05, 0.1) is 26.9 Å². The van der Waals surface area contributed by atoms with Crippen LogP contribution in [0.15, 0.2) is 18.2 Å². The fourth-order valence-corrected chi connectivity index (χ4v) is 2.39. The molecule has 0 saturated heterocycles. The summed E-state index contributed by atoms with van der Waals surface area (Å²) in [7, 11) is 4.98. The molecule has 1 rings (SSSR count). The number of nitrogens with zero attached hydrogens (tertiary/aromatic N) is 1. The average Bonchev–Trinajstić information content (AvgIpc) is 2.52. The SMILES string of the molecule is CCC[C@@H](O)CN(CCOC)Cc1cc(OC)cc(OC)c1. The van der Waals surface area contributed by atoms with Gasteiger partial charge in [0.15, 0.2) is 0 Å². The van der Waals surface area contributed by atoms with Crippen molar-refractivity contribution < 1.29 is 19.3 Å². The van der Waals surface area contributed by atoms with Crippen LogP contribution in [0.1, 0.15) is 25.3 Å². The second-order valence-electron chi connectivity index (χ2n) is 5.39. The van der Waals surface area contributed by atoms with Crippen LogP contribution in [0, 0.1) is 0 Å². The molecular formula is C17H29NO4. The normalized spacial score (nSPS) is 12.5. The van der Waals surface area contributed by atoms with E-state index in [1.807, 2.05) is 18.2 Å². The maximum Gasteiger partial charge on any atom is 0.122 e. The Labute approximate surface area is 133 Å². The second-order valence-corrected chi connectivity index (χ2v) is 5.39. The molecule has 1 aromatic rings. The molecule has 5 heteroatoms. The van der Waals surface area contributed by atoms with E-state index >= 15 is 0 Å². The number of aliphatic hydroxyl groups is 1. The van der Waals surface area contributed by atoms with Gasteiger partial charge in [0.1, 0.15) is 11.5 Å². The van der Waals surface area contributed by atoms with E-state index in [9.17, 15) is 5.11 Å². The molecule has 0 aliphatic heterocycles. The van der Waals surface area contributed by atoms with Crippen LogP contribution >= 0.6 is 0 Å². The molecule has 0 spiro atoms. The minimum Gasteiger partial charge on any atom is -0.497 e. The van der Waals surface area contributed by atoms with Gasteiger partial charge in [-0.3, -0.25) is 4.90 Å². The Morgan fingerprint density at radius 3 is 2.23 bits per heavy atom. The molecule has 1 N–H and O–H groups in total. The summed E-state index contributed by atoms with van der Waals surface area (Å²) in [6.45, 7) is 4.85. The van der Waals surface area contributed by atoms with E-state index in [4.69, 9.17) is 14.2 Å². The van der Waals surface area contributed by atoms with E-state index in [1.165, 1.54) is 0 Å². The number of benzene rings is 1. The van der Waals surface area contributed by atoms with Gasteiger partial charge in [-0.1, -0.05) is 13.3 Å². The molecule has 0 unspecified atom stereocenters.